The molecular weight excluding hydrogens is 282 g/mol. The number of hydrogen-bond donors (Lipinski definition) is 0. The van der Waals surface area contributed by atoms with Crippen LogP contribution in [0.3, 0.4) is 0 Å². The SMILES string of the molecule is Cc1ccc(S(=O)(=O)N(CC#N)C(C)C)cc1[N+](=O)[O-]. The fraction of sp³-hybridized carbons (Fsp3) is 0.417. The van der Waals surface area contributed by atoms with Crippen molar-refractivity contribution in [2.45, 2.75) is 31.7 Å². The van der Waals surface area contributed by atoms with E-state index in [4.69, 9.17) is 5.26 Å². The fourth-order valence-corrected chi connectivity index (χ4v) is 3.25. The van der Waals surface area contributed by atoms with Gasteiger partial charge in [0.25, 0.3) is 5.69 Å². The van der Waals surface area contributed by atoms with E-state index in [1.165, 1.54) is 19.1 Å². The topological polar surface area (TPSA) is 104 Å². The lowest BCUT2D eigenvalue weighted by molar-refractivity contribution is -0.385. The van der Waals surface area contributed by atoms with E-state index >= 15 is 0 Å². The first kappa shape index (κ1) is 16.1. The van der Waals surface area contributed by atoms with Crippen molar-refractivity contribution in [3.8, 4) is 6.07 Å². The van der Waals surface area contributed by atoms with E-state index in [1.54, 1.807) is 19.9 Å². The molecule has 0 aromatic heterocycles. The predicted octanol–water partition coefficient (Wildman–Crippen LogP) is 1.83. The average Bonchev–Trinajstić information content (AvgIpc) is 2.35. The van der Waals surface area contributed by atoms with Crippen LogP contribution in [0.1, 0.15) is 19.4 Å². The third kappa shape index (κ3) is 3.12. The Labute approximate surface area is 117 Å². The van der Waals surface area contributed by atoms with Crippen LogP contribution in [0.25, 0.3) is 0 Å². The largest absolute Gasteiger partial charge is 0.273 e. The Bertz CT molecular complexity index is 662. The molecule has 0 saturated carbocycles. The molecule has 1 aromatic rings. The van der Waals surface area contributed by atoms with Crippen LogP contribution in [0.4, 0.5) is 5.69 Å². The third-order valence-corrected chi connectivity index (χ3v) is 4.80. The van der Waals surface area contributed by atoms with E-state index in [1.807, 2.05) is 0 Å². The van der Waals surface area contributed by atoms with Crippen LogP contribution in [0.2, 0.25) is 0 Å². The molecule has 0 aliphatic rings. The molecule has 20 heavy (non-hydrogen) atoms. The molecule has 0 aliphatic carbocycles. The van der Waals surface area contributed by atoms with Gasteiger partial charge in [0.1, 0.15) is 6.54 Å². The van der Waals surface area contributed by atoms with Crippen LogP contribution in [-0.2, 0) is 10.0 Å². The lowest BCUT2D eigenvalue weighted by atomic mass is 10.2. The van der Waals surface area contributed by atoms with Crippen molar-refractivity contribution in [2.24, 2.45) is 0 Å². The molecule has 0 saturated heterocycles. The summed E-state index contributed by atoms with van der Waals surface area (Å²) in [5, 5.41) is 19.6. The maximum atomic E-state index is 12.4. The molecule has 0 bridgehead atoms. The van der Waals surface area contributed by atoms with E-state index in [2.05, 4.69) is 0 Å². The minimum Gasteiger partial charge on any atom is -0.258 e. The van der Waals surface area contributed by atoms with Crippen molar-refractivity contribution >= 4 is 15.7 Å². The van der Waals surface area contributed by atoms with E-state index in [0.29, 0.717) is 5.56 Å². The van der Waals surface area contributed by atoms with Gasteiger partial charge in [-0.1, -0.05) is 6.07 Å². The number of rotatable bonds is 5. The second kappa shape index (κ2) is 5.98. The number of sulfonamides is 1. The van der Waals surface area contributed by atoms with E-state index < -0.39 is 21.0 Å². The van der Waals surface area contributed by atoms with E-state index in [-0.39, 0.29) is 17.1 Å². The van der Waals surface area contributed by atoms with Crippen molar-refractivity contribution in [2.75, 3.05) is 6.54 Å². The molecule has 0 heterocycles. The fourth-order valence-electron chi connectivity index (χ4n) is 1.70. The highest BCUT2D eigenvalue weighted by atomic mass is 32.2. The van der Waals surface area contributed by atoms with Crippen LogP contribution >= 0.6 is 0 Å². The smallest absolute Gasteiger partial charge is 0.258 e. The van der Waals surface area contributed by atoms with Gasteiger partial charge in [0, 0.05) is 17.7 Å². The Morgan fingerprint density at radius 1 is 1.45 bits per heavy atom. The summed E-state index contributed by atoms with van der Waals surface area (Å²) in [5.74, 6) is 0. The first-order valence-electron chi connectivity index (χ1n) is 5.85. The van der Waals surface area contributed by atoms with Gasteiger partial charge in [0.15, 0.2) is 0 Å². The van der Waals surface area contributed by atoms with Gasteiger partial charge in [-0.15, -0.1) is 0 Å². The van der Waals surface area contributed by atoms with Crippen molar-refractivity contribution in [3.63, 3.8) is 0 Å². The Hall–Kier alpha value is -1.98. The van der Waals surface area contributed by atoms with Crippen molar-refractivity contribution in [1.29, 1.82) is 5.26 Å². The molecule has 0 spiro atoms. The predicted molar refractivity (Wildman–Crippen MR) is 72.5 cm³/mol. The highest BCUT2D eigenvalue weighted by Gasteiger charge is 2.28. The number of nitriles is 1. The molecule has 7 nitrogen and oxygen atoms in total. The summed E-state index contributed by atoms with van der Waals surface area (Å²) in [6, 6.07) is 5.09. The van der Waals surface area contributed by atoms with Gasteiger partial charge < -0.3 is 0 Å². The summed E-state index contributed by atoms with van der Waals surface area (Å²) < 4.78 is 25.8. The van der Waals surface area contributed by atoms with Gasteiger partial charge in [0.05, 0.1) is 15.9 Å². The number of nitrogens with zero attached hydrogens (tertiary/aromatic N) is 3. The molecule has 0 N–H and O–H groups in total. The number of benzene rings is 1. The lowest BCUT2D eigenvalue weighted by Crippen LogP contribution is -2.37. The number of hydrogen-bond acceptors (Lipinski definition) is 5. The Kier molecular flexibility index (Phi) is 4.81. The zero-order valence-electron chi connectivity index (χ0n) is 11.4. The highest BCUT2D eigenvalue weighted by molar-refractivity contribution is 7.89. The number of nitro benzene ring substituents is 1. The zero-order chi connectivity index (χ0) is 15.5. The van der Waals surface area contributed by atoms with Gasteiger partial charge in [-0.2, -0.15) is 9.57 Å². The van der Waals surface area contributed by atoms with Gasteiger partial charge in [0.2, 0.25) is 10.0 Å². The van der Waals surface area contributed by atoms with Gasteiger partial charge in [-0.05, 0) is 26.8 Å². The van der Waals surface area contributed by atoms with E-state index in [9.17, 15) is 18.5 Å². The molecule has 1 aromatic carbocycles. The van der Waals surface area contributed by atoms with E-state index in [0.717, 1.165) is 10.4 Å². The van der Waals surface area contributed by atoms with Crippen LogP contribution in [0, 0.1) is 28.4 Å². The second-order valence-corrected chi connectivity index (χ2v) is 6.40. The summed E-state index contributed by atoms with van der Waals surface area (Å²) >= 11 is 0. The van der Waals surface area contributed by atoms with Crippen molar-refractivity contribution < 1.29 is 13.3 Å². The molecule has 0 aliphatic heterocycles. The molecule has 8 heteroatoms. The average molecular weight is 297 g/mol. The van der Waals surface area contributed by atoms with Crippen LogP contribution < -0.4 is 0 Å². The minimum absolute atomic E-state index is 0.182. The zero-order valence-corrected chi connectivity index (χ0v) is 12.2. The molecular formula is C12H15N3O4S. The first-order valence-corrected chi connectivity index (χ1v) is 7.29. The summed E-state index contributed by atoms with van der Waals surface area (Å²) in [4.78, 5) is 10.1. The van der Waals surface area contributed by atoms with Crippen LogP contribution in [0.5, 0.6) is 0 Å². The van der Waals surface area contributed by atoms with Gasteiger partial charge >= 0.3 is 0 Å². The first-order chi connectivity index (χ1) is 9.21. The molecule has 1 rings (SSSR count). The minimum atomic E-state index is -3.93. The normalized spacial score (nSPS) is 11.6. The van der Waals surface area contributed by atoms with Crippen molar-refractivity contribution in [3.05, 3.63) is 33.9 Å². The molecule has 0 fully saturated rings. The molecule has 0 atom stereocenters. The highest BCUT2D eigenvalue weighted by Crippen LogP contribution is 2.25. The molecule has 0 radical (unpaired) electrons. The van der Waals surface area contributed by atoms with Gasteiger partial charge in [-0.25, -0.2) is 8.42 Å². The molecule has 108 valence electrons. The maximum absolute atomic E-state index is 12.4. The molecule has 0 unspecified atom stereocenters. The number of aryl methyl sites for hydroxylation is 1. The summed E-state index contributed by atoms with van der Waals surface area (Å²) in [5.41, 5.74) is 0.122. The number of nitro groups is 1. The molecule has 0 amide bonds. The van der Waals surface area contributed by atoms with Gasteiger partial charge in [-0.3, -0.25) is 10.1 Å². The second-order valence-electron chi connectivity index (χ2n) is 4.51. The van der Waals surface area contributed by atoms with Crippen molar-refractivity contribution in [1.82, 2.24) is 4.31 Å². The Morgan fingerprint density at radius 3 is 2.50 bits per heavy atom. The summed E-state index contributed by atoms with van der Waals surface area (Å²) in [7, 11) is -3.93. The standard InChI is InChI=1S/C12H15N3O4S/c1-9(2)14(7-6-13)20(18,19)11-5-4-10(3)12(8-11)15(16)17/h4-5,8-9H,7H2,1-3H3. The monoisotopic (exact) mass is 297 g/mol. The Balaban J connectivity index is 3.39. The summed E-state index contributed by atoms with van der Waals surface area (Å²) in [6.07, 6.45) is 0. The quantitative estimate of drug-likeness (QED) is 0.468. The van der Waals surface area contributed by atoms with Crippen LogP contribution in [0.15, 0.2) is 23.1 Å². The maximum Gasteiger partial charge on any atom is 0.273 e. The van der Waals surface area contributed by atoms with Crippen LogP contribution in [-0.4, -0.2) is 30.2 Å². The lowest BCUT2D eigenvalue weighted by Gasteiger charge is -2.23. The summed E-state index contributed by atoms with van der Waals surface area (Å²) in [6.45, 7) is 4.50. The Morgan fingerprint density at radius 2 is 2.05 bits per heavy atom. The third-order valence-electron chi connectivity index (χ3n) is 2.79.